The smallest absolute Gasteiger partial charge is 0.319 e. The zero-order chi connectivity index (χ0) is 16.5. The second-order valence-corrected chi connectivity index (χ2v) is 5.53. The van der Waals surface area contributed by atoms with Gasteiger partial charge in [0.25, 0.3) is 0 Å². The van der Waals surface area contributed by atoms with Crippen molar-refractivity contribution in [2.24, 2.45) is 0 Å². The topological polar surface area (TPSA) is 95.4 Å². The molecule has 0 aliphatic carbocycles. The molecule has 0 fully saturated rings. The fourth-order valence-electron chi connectivity index (χ4n) is 2.73. The summed E-state index contributed by atoms with van der Waals surface area (Å²) in [6, 6.07) is 9.66. The van der Waals surface area contributed by atoms with Crippen molar-refractivity contribution in [2.45, 2.75) is 6.42 Å². The Bertz CT molecular complexity index is 918. The van der Waals surface area contributed by atoms with Gasteiger partial charge in [-0.25, -0.2) is 9.78 Å². The van der Waals surface area contributed by atoms with Crippen LogP contribution in [0.4, 0.5) is 27.8 Å². The van der Waals surface area contributed by atoms with Crippen molar-refractivity contribution in [3.63, 3.8) is 0 Å². The van der Waals surface area contributed by atoms with Gasteiger partial charge >= 0.3 is 6.03 Å². The summed E-state index contributed by atoms with van der Waals surface area (Å²) >= 11 is 0. The van der Waals surface area contributed by atoms with Crippen LogP contribution in [-0.4, -0.2) is 34.2 Å². The van der Waals surface area contributed by atoms with Crippen LogP contribution in [0, 0.1) is 0 Å². The lowest BCUT2D eigenvalue weighted by atomic mass is 10.1. The summed E-state index contributed by atoms with van der Waals surface area (Å²) in [6.07, 6.45) is 2.34. The maximum absolute atomic E-state index is 12.1. The zero-order valence-corrected chi connectivity index (χ0v) is 13.1. The molecule has 0 unspecified atom stereocenters. The van der Waals surface area contributed by atoms with Gasteiger partial charge in [0.1, 0.15) is 17.3 Å². The molecule has 0 radical (unpaired) electrons. The van der Waals surface area contributed by atoms with Crippen molar-refractivity contribution in [2.75, 3.05) is 29.5 Å². The van der Waals surface area contributed by atoms with Gasteiger partial charge in [0.05, 0.1) is 6.20 Å². The van der Waals surface area contributed by atoms with Crippen LogP contribution in [0.25, 0.3) is 5.65 Å². The second kappa shape index (κ2) is 5.73. The first-order chi connectivity index (χ1) is 11.7. The van der Waals surface area contributed by atoms with E-state index < -0.39 is 0 Å². The molecule has 3 heterocycles. The highest BCUT2D eigenvalue weighted by Gasteiger charge is 2.14. The van der Waals surface area contributed by atoms with Gasteiger partial charge in [-0.3, -0.25) is 0 Å². The molecule has 3 aromatic rings. The van der Waals surface area contributed by atoms with E-state index in [0.717, 1.165) is 23.5 Å². The first kappa shape index (κ1) is 14.3. The lowest BCUT2D eigenvalue weighted by molar-refractivity contribution is 0.252. The summed E-state index contributed by atoms with van der Waals surface area (Å²) in [5.74, 6) is 1.44. The molecule has 2 amide bonds. The molecule has 8 heteroatoms. The van der Waals surface area contributed by atoms with Gasteiger partial charge in [0.15, 0.2) is 5.65 Å². The minimum absolute atomic E-state index is 0.272. The maximum Gasteiger partial charge on any atom is 0.319 e. The molecular weight excluding hydrogens is 306 g/mol. The maximum atomic E-state index is 12.1. The van der Waals surface area contributed by atoms with Gasteiger partial charge < -0.3 is 21.3 Å². The number of hydrogen-bond donors (Lipinski definition) is 4. The Labute approximate surface area is 138 Å². The van der Waals surface area contributed by atoms with Crippen LogP contribution in [0.5, 0.6) is 0 Å². The number of urea groups is 1. The van der Waals surface area contributed by atoms with Crippen molar-refractivity contribution in [1.82, 2.24) is 19.9 Å². The number of benzene rings is 1. The Morgan fingerprint density at radius 3 is 3.04 bits per heavy atom. The Kier molecular flexibility index (Phi) is 3.42. The molecule has 0 saturated carbocycles. The lowest BCUT2D eigenvalue weighted by Gasteiger charge is -2.10. The van der Waals surface area contributed by atoms with Crippen LogP contribution in [-0.2, 0) is 6.42 Å². The number of carbonyl (C=O) groups excluding carboxylic acids is 1. The molecule has 0 saturated heterocycles. The van der Waals surface area contributed by atoms with Gasteiger partial charge in [-0.15, -0.1) is 0 Å². The largest absolute Gasteiger partial charge is 0.373 e. The predicted octanol–water partition coefficient (Wildman–Crippen LogP) is 2.19. The van der Waals surface area contributed by atoms with Crippen LogP contribution < -0.4 is 21.3 Å². The van der Waals surface area contributed by atoms with E-state index in [9.17, 15) is 4.79 Å². The molecule has 1 aliphatic heterocycles. The first-order valence-corrected chi connectivity index (χ1v) is 7.70. The molecule has 0 spiro atoms. The number of nitrogens with zero attached hydrogens (tertiary/aromatic N) is 3. The number of aromatic nitrogens is 3. The van der Waals surface area contributed by atoms with E-state index >= 15 is 0 Å². The SMILES string of the molecule is CNc1cc2nc3c(cnn13)NC(=O)NCCc1cccc(c1)N2. The summed E-state index contributed by atoms with van der Waals surface area (Å²) in [7, 11) is 1.81. The average Bonchev–Trinajstić information content (AvgIpc) is 2.97. The van der Waals surface area contributed by atoms with Crippen LogP contribution in [0.15, 0.2) is 36.5 Å². The normalized spacial score (nSPS) is 14.0. The monoisotopic (exact) mass is 323 g/mol. The highest BCUT2D eigenvalue weighted by atomic mass is 16.2. The van der Waals surface area contributed by atoms with Crippen molar-refractivity contribution in [3.05, 3.63) is 42.1 Å². The number of fused-ring (bicyclic) bond motifs is 3. The van der Waals surface area contributed by atoms with Crippen molar-refractivity contribution in [3.8, 4) is 0 Å². The molecule has 2 aromatic heterocycles. The van der Waals surface area contributed by atoms with Crippen molar-refractivity contribution in [1.29, 1.82) is 0 Å². The van der Waals surface area contributed by atoms with E-state index in [4.69, 9.17) is 0 Å². The molecule has 24 heavy (non-hydrogen) atoms. The number of hydrogen-bond acceptors (Lipinski definition) is 5. The van der Waals surface area contributed by atoms with Gasteiger partial charge in [-0.1, -0.05) is 12.1 Å². The third-order valence-electron chi connectivity index (χ3n) is 3.87. The first-order valence-electron chi connectivity index (χ1n) is 7.70. The van der Waals surface area contributed by atoms with Crippen LogP contribution in [0.1, 0.15) is 5.56 Å². The summed E-state index contributed by atoms with van der Waals surface area (Å²) in [4.78, 5) is 16.7. The predicted molar refractivity (Wildman–Crippen MR) is 93.0 cm³/mol. The van der Waals surface area contributed by atoms with E-state index in [1.807, 2.05) is 31.3 Å². The summed E-state index contributed by atoms with van der Waals surface area (Å²) in [5.41, 5.74) is 3.21. The fraction of sp³-hybridized carbons (Fsp3) is 0.188. The molecule has 1 aromatic carbocycles. The van der Waals surface area contributed by atoms with Crippen LogP contribution >= 0.6 is 0 Å². The molecule has 4 bridgehead atoms. The fourth-order valence-corrected chi connectivity index (χ4v) is 2.73. The third-order valence-corrected chi connectivity index (χ3v) is 3.87. The highest BCUT2D eigenvalue weighted by Crippen LogP contribution is 2.24. The number of carbonyl (C=O) groups is 1. The molecule has 0 atom stereocenters. The quantitative estimate of drug-likeness (QED) is 0.551. The molecule has 4 N–H and O–H groups in total. The number of anilines is 4. The van der Waals surface area contributed by atoms with Crippen molar-refractivity contribution >= 4 is 34.7 Å². The average molecular weight is 323 g/mol. The van der Waals surface area contributed by atoms with Crippen LogP contribution in [0.3, 0.4) is 0 Å². The van der Waals surface area contributed by atoms with E-state index in [2.05, 4.69) is 37.4 Å². The number of amides is 2. The third kappa shape index (κ3) is 2.58. The van der Waals surface area contributed by atoms with Gasteiger partial charge in [0, 0.05) is 25.3 Å². The minimum atomic E-state index is -0.272. The molecule has 8 nitrogen and oxygen atoms in total. The lowest BCUT2D eigenvalue weighted by Crippen LogP contribution is -2.30. The highest BCUT2D eigenvalue weighted by molar-refractivity contribution is 5.93. The standard InChI is InChI=1S/C16H17N7O/c1-17-14-8-13-20-11-4-2-3-10(7-11)5-6-18-16(24)21-12-9-19-23(14)15(12)22-13/h2-4,7-9,17H,5-6H2,1H3,(H,20,22)(H2,18,21,24). The Morgan fingerprint density at radius 2 is 2.17 bits per heavy atom. The van der Waals surface area contributed by atoms with Gasteiger partial charge in [-0.05, 0) is 24.1 Å². The second-order valence-electron chi connectivity index (χ2n) is 5.53. The van der Waals surface area contributed by atoms with Gasteiger partial charge in [-0.2, -0.15) is 9.61 Å². The molecular formula is C16H17N7O. The zero-order valence-electron chi connectivity index (χ0n) is 13.1. The molecule has 122 valence electrons. The number of rotatable bonds is 1. The minimum Gasteiger partial charge on any atom is -0.373 e. The molecule has 1 aliphatic rings. The van der Waals surface area contributed by atoms with Crippen LogP contribution in [0.2, 0.25) is 0 Å². The Hall–Kier alpha value is -3.29. The van der Waals surface area contributed by atoms with Gasteiger partial charge in [0.2, 0.25) is 0 Å². The summed E-state index contributed by atoms with van der Waals surface area (Å²) in [5, 5.41) is 16.3. The Morgan fingerprint density at radius 1 is 1.25 bits per heavy atom. The van der Waals surface area contributed by atoms with E-state index in [1.165, 1.54) is 0 Å². The van der Waals surface area contributed by atoms with E-state index in [0.29, 0.717) is 23.7 Å². The van der Waals surface area contributed by atoms with E-state index in [1.54, 1.807) is 10.7 Å². The number of nitrogens with one attached hydrogen (secondary N) is 4. The molecule has 4 rings (SSSR count). The summed E-state index contributed by atoms with van der Waals surface area (Å²) in [6.45, 7) is 0.548. The summed E-state index contributed by atoms with van der Waals surface area (Å²) < 4.78 is 1.65. The van der Waals surface area contributed by atoms with E-state index in [-0.39, 0.29) is 6.03 Å². The van der Waals surface area contributed by atoms with Crippen molar-refractivity contribution < 1.29 is 4.79 Å². The Balaban J connectivity index is 1.87.